The molecule has 98 valence electrons. The molecular weight excluding hydrogens is 226 g/mol. The first-order chi connectivity index (χ1) is 7.47. The maximum Gasteiger partial charge on any atom is 0.530 e. The number of hydrogen-bond donors (Lipinski definition) is 0. The molecule has 0 N–H and O–H groups in total. The zero-order valence-electron chi connectivity index (χ0n) is 11.4. The van der Waals surface area contributed by atoms with Crippen LogP contribution in [0.25, 0.3) is 0 Å². The van der Waals surface area contributed by atoms with Crippen LogP contribution in [0.4, 0.5) is 0 Å². The first kappa shape index (κ1) is 16.0. The van der Waals surface area contributed by atoms with Crippen molar-refractivity contribution in [1.82, 2.24) is 4.90 Å². The van der Waals surface area contributed by atoms with Crippen LogP contribution in [0.5, 0.6) is 0 Å². The van der Waals surface area contributed by atoms with Crippen LogP contribution in [-0.4, -0.2) is 61.1 Å². The molecule has 5 nitrogen and oxygen atoms in total. The van der Waals surface area contributed by atoms with E-state index in [0.29, 0.717) is 0 Å². The second-order valence-corrected chi connectivity index (χ2v) is 6.89. The molecule has 0 aromatic heterocycles. The van der Waals surface area contributed by atoms with Crippen molar-refractivity contribution in [3.05, 3.63) is 0 Å². The number of nitrogens with zero attached hydrogens (tertiary/aromatic N) is 1. The van der Waals surface area contributed by atoms with Crippen LogP contribution in [0.3, 0.4) is 0 Å². The summed E-state index contributed by atoms with van der Waals surface area (Å²) in [4.78, 5) is 1.99. The van der Waals surface area contributed by atoms with Crippen LogP contribution < -0.4 is 0 Å². The number of ether oxygens (including phenoxy) is 1. The highest BCUT2D eigenvalue weighted by atomic mass is 28.4. The fourth-order valence-corrected chi connectivity index (χ4v) is 3.59. The normalized spacial score (nSPS) is 16.5. The van der Waals surface area contributed by atoms with E-state index in [4.69, 9.17) is 18.0 Å². The summed E-state index contributed by atoms with van der Waals surface area (Å²) in [6.07, 6.45) is 0.789. The molecule has 0 aliphatic rings. The van der Waals surface area contributed by atoms with Gasteiger partial charge in [0.1, 0.15) is 12.0 Å². The molecular formula is C10H25NO4Si. The lowest BCUT2D eigenvalue weighted by molar-refractivity contribution is -0.0750. The van der Waals surface area contributed by atoms with E-state index in [1.165, 1.54) is 0 Å². The Morgan fingerprint density at radius 1 is 1.06 bits per heavy atom. The number of hydrogen-bond acceptors (Lipinski definition) is 5. The fraction of sp³-hybridized carbons (Fsp3) is 1.00. The van der Waals surface area contributed by atoms with E-state index in [1.807, 2.05) is 32.8 Å². The largest absolute Gasteiger partial charge is 0.530 e. The van der Waals surface area contributed by atoms with E-state index in [9.17, 15) is 0 Å². The van der Waals surface area contributed by atoms with Gasteiger partial charge in [-0.1, -0.05) is 6.92 Å². The molecule has 0 spiro atoms. The SMILES string of the molecule is CCC(OC(C)N(C)C)[Si](OC)(OC)OC. The molecule has 2 atom stereocenters. The second kappa shape index (κ2) is 7.36. The van der Waals surface area contributed by atoms with Crippen molar-refractivity contribution in [2.24, 2.45) is 0 Å². The molecule has 0 aromatic rings. The molecule has 0 heterocycles. The van der Waals surface area contributed by atoms with Crippen LogP contribution in [0.2, 0.25) is 0 Å². The van der Waals surface area contributed by atoms with E-state index >= 15 is 0 Å². The predicted octanol–water partition coefficient (Wildman–Crippen LogP) is 1.11. The molecule has 0 aliphatic heterocycles. The van der Waals surface area contributed by atoms with Crippen molar-refractivity contribution < 1.29 is 18.0 Å². The van der Waals surface area contributed by atoms with E-state index in [0.717, 1.165) is 6.42 Å². The van der Waals surface area contributed by atoms with Gasteiger partial charge in [0.05, 0.1) is 0 Å². The van der Waals surface area contributed by atoms with Gasteiger partial charge >= 0.3 is 8.80 Å². The van der Waals surface area contributed by atoms with Crippen LogP contribution in [0.15, 0.2) is 0 Å². The molecule has 0 saturated carbocycles. The lowest BCUT2D eigenvalue weighted by Crippen LogP contribution is -2.57. The van der Waals surface area contributed by atoms with Gasteiger partial charge < -0.3 is 18.0 Å². The first-order valence-electron chi connectivity index (χ1n) is 5.44. The van der Waals surface area contributed by atoms with E-state index in [2.05, 4.69) is 0 Å². The zero-order valence-corrected chi connectivity index (χ0v) is 12.4. The van der Waals surface area contributed by atoms with Crippen molar-refractivity contribution >= 4 is 8.80 Å². The van der Waals surface area contributed by atoms with Gasteiger partial charge in [0, 0.05) is 21.3 Å². The van der Waals surface area contributed by atoms with Crippen molar-refractivity contribution in [2.75, 3.05) is 35.4 Å². The second-order valence-electron chi connectivity index (χ2n) is 3.81. The maximum atomic E-state index is 5.91. The molecule has 6 heteroatoms. The van der Waals surface area contributed by atoms with Gasteiger partial charge in [-0.25, -0.2) is 0 Å². The van der Waals surface area contributed by atoms with Crippen LogP contribution >= 0.6 is 0 Å². The Bertz CT molecular complexity index is 179. The van der Waals surface area contributed by atoms with Gasteiger partial charge in [0.2, 0.25) is 0 Å². The minimum absolute atomic E-state index is 0.00252. The summed E-state index contributed by atoms with van der Waals surface area (Å²) >= 11 is 0. The Morgan fingerprint density at radius 3 is 1.75 bits per heavy atom. The minimum atomic E-state index is -2.70. The molecule has 2 unspecified atom stereocenters. The monoisotopic (exact) mass is 251 g/mol. The van der Waals surface area contributed by atoms with Crippen LogP contribution in [0, 0.1) is 0 Å². The highest BCUT2D eigenvalue weighted by Crippen LogP contribution is 2.19. The summed E-state index contributed by atoms with van der Waals surface area (Å²) in [6.45, 7) is 4.02. The van der Waals surface area contributed by atoms with Crippen LogP contribution in [-0.2, 0) is 18.0 Å². The fourth-order valence-electron chi connectivity index (χ4n) is 1.43. The molecule has 0 fully saturated rings. The van der Waals surface area contributed by atoms with Crippen molar-refractivity contribution in [3.8, 4) is 0 Å². The minimum Gasteiger partial charge on any atom is -0.375 e. The van der Waals surface area contributed by atoms with E-state index < -0.39 is 8.80 Å². The average molecular weight is 251 g/mol. The lowest BCUT2D eigenvalue weighted by Gasteiger charge is -2.34. The zero-order chi connectivity index (χ0) is 12.8. The highest BCUT2D eigenvalue weighted by molar-refractivity contribution is 6.62. The smallest absolute Gasteiger partial charge is 0.375 e. The molecule has 0 aliphatic carbocycles. The third-order valence-electron chi connectivity index (χ3n) is 2.71. The summed E-state index contributed by atoms with van der Waals surface area (Å²) in [7, 11) is 6.03. The molecule has 0 saturated heterocycles. The van der Waals surface area contributed by atoms with Gasteiger partial charge in [0.25, 0.3) is 0 Å². The number of rotatable bonds is 8. The summed E-state index contributed by atoms with van der Waals surface area (Å²) in [6, 6.07) is 0. The lowest BCUT2D eigenvalue weighted by atomic mass is 10.5. The van der Waals surface area contributed by atoms with Gasteiger partial charge in [-0.05, 0) is 27.4 Å². The van der Waals surface area contributed by atoms with Crippen LogP contribution in [0.1, 0.15) is 20.3 Å². The van der Waals surface area contributed by atoms with Crippen molar-refractivity contribution in [3.63, 3.8) is 0 Å². The molecule has 0 bridgehead atoms. The third-order valence-corrected chi connectivity index (χ3v) is 5.75. The summed E-state index contributed by atoms with van der Waals surface area (Å²) in [5.41, 5.74) is -0.148. The molecule has 0 aromatic carbocycles. The molecule has 0 rings (SSSR count). The first-order valence-corrected chi connectivity index (χ1v) is 7.24. The van der Waals surface area contributed by atoms with Gasteiger partial charge in [-0.2, -0.15) is 0 Å². The topological polar surface area (TPSA) is 40.2 Å². The molecule has 16 heavy (non-hydrogen) atoms. The van der Waals surface area contributed by atoms with Crippen molar-refractivity contribution in [1.29, 1.82) is 0 Å². The van der Waals surface area contributed by atoms with Gasteiger partial charge in [-0.15, -0.1) is 0 Å². The summed E-state index contributed by atoms with van der Waals surface area (Å²) in [5, 5.41) is 0. The Balaban J connectivity index is 4.67. The predicted molar refractivity (Wildman–Crippen MR) is 65.1 cm³/mol. The maximum absolute atomic E-state index is 5.91. The third kappa shape index (κ3) is 3.79. The summed E-state index contributed by atoms with van der Waals surface area (Å²) < 4.78 is 22.2. The Kier molecular flexibility index (Phi) is 7.37. The Hall–Kier alpha value is 0.0169. The molecule has 0 radical (unpaired) electrons. The van der Waals surface area contributed by atoms with E-state index in [-0.39, 0.29) is 12.0 Å². The Labute approximate surface area is 100.0 Å². The average Bonchev–Trinajstić information content (AvgIpc) is 2.29. The summed E-state index contributed by atoms with van der Waals surface area (Å²) in [5.74, 6) is 0. The van der Waals surface area contributed by atoms with Crippen molar-refractivity contribution in [2.45, 2.75) is 32.2 Å². The standard InChI is InChI=1S/C10H25NO4Si/c1-8-10(15-9(2)11(3)4)16(12-5,13-6)14-7/h9-10H,8H2,1-7H3. The van der Waals surface area contributed by atoms with Gasteiger partial charge in [-0.3, -0.25) is 4.90 Å². The Morgan fingerprint density at radius 2 is 1.50 bits per heavy atom. The van der Waals surface area contributed by atoms with Gasteiger partial charge in [0.15, 0.2) is 0 Å². The molecule has 0 amide bonds. The quantitative estimate of drug-likeness (QED) is 0.477. The highest BCUT2D eigenvalue weighted by Gasteiger charge is 2.48. The van der Waals surface area contributed by atoms with E-state index in [1.54, 1.807) is 21.3 Å².